The van der Waals surface area contributed by atoms with Crippen LogP contribution < -0.4 is 0 Å². The van der Waals surface area contributed by atoms with Crippen molar-refractivity contribution in [3.63, 3.8) is 0 Å². The van der Waals surface area contributed by atoms with Crippen molar-refractivity contribution in [1.29, 1.82) is 0 Å². The van der Waals surface area contributed by atoms with Crippen LogP contribution in [-0.2, 0) is 11.3 Å². The third kappa shape index (κ3) is 3.25. The van der Waals surface area contributed by atoms with Crippen LogP contribution in [-0.4, -0.2) is 69.4 Å². The van der Waals surface area contributed by atoms with Crippen LogP contribution >= 0.6 is 11.6 Å². The number of rotatable bonds is 2. The Kier molecular flexibility index (Phi) is 4.23. The van der Waals surface area contributed by atoms with Gasteiger partial charge < -0.3 is 14.7 Å². The van der Waals surface area contributed by atoms with E-state index in [-0.39, 0.29) is 17.4 Å². The lowest BCUT2D eigenvalue weighted by Crippen LogP contribution is -2.60. The summed E-state index contributed by atoms with van der Waals surface area (Å²) in [6.45, 7) is 3.19. The molecular formula is C13H17ClN4O3. The van der Waals surface area contributed by atoms with E-state index in [9.17, 15) is 9.90 Å². The molecule has 3 heterocycles. The average molecular weight is 313 g/mol. The molecule has 1 aromatic heterocycles. The van der Waals surface area contributed by atoms with Gasteiger partial charge in [0, 0.05) is 44.1 Å². The zero-order chi connectivity index (χ0) is 14.8. The number of amides is 1. The minimum atomic E-state index is -0.854. The Morgan fingerprint density at radius 1 is 1.43 bits per heavy atom. The summed E-state index contributed by atoms with van der Waals surface area (Å²) in [5.41, 5.74) is 0.990. The van der Waals surface area contributed by atoms with Crippen LogP contribution in [0.3, 0.4) is 0 Å². The summed E-state index contributed by atoms with van der Waals surface area (Å²) in [6, 6.07) is -0.0334. The van der Waals surface area contributed by atoms with E-state index in [0.29, 0.717) is 13.2 Å². The van der Waals surface area contributed by atoms with E-state index in [0.717, 1.165) is 31.6 Å². The smallest absolute Gasteiger partial charge is 0.407 e. The van der Waals surface area contributed by atoms with Gasteiger partial charge in [0.25, 0.3) is 0 Å². The van der Waals surface area contributed by atoms with Gasteiger partial charge in [0.2, 0.25) is 5.28 Å². The molecule has 3 rings (SSSR count). The maximum absolute atomic E-state index is 11.2. The highest BCUT2D eigenvalue weighted by atomic mass is 35.5. The van der Waals surface area contributed by atoms with E-state index in [1.165, 1.54) is 4.90 Å². The summed E-state index contributed by atoms with van der Waals surface area (Å²) in [6.07, 6.45) is 3.30. The van der Waals surface area contributed by atoms with Crippen molar-refractivity contribution in [3.8, 4) is 0 Å². The summed E-state index contributed by atoms with van der Waals surface area (Å²) in [5, 5.41) is 9.47. The topological polar surface area (TPSA) is 78.8 Å². The second-order valence-electron chi connectivity index (χ2n) is 5.34. The molecule has 2 aliphatic rings. The second kappa shape index (κ2) is 6.13. The highest BCUT2D eigenvalue weighted by Gasteiger charge is 2.39. The lowest BCUT2D eigenvalue weighted by molar-refractivity contribution is -0.0957. The summed E-state index contributed by atoms with van der Waals surface area (Å²) in [7, 11) is 0. The molecule has 8 heteroatoms. The number of carbonyl (C=O) groups is 1. The van der Waals surface area contributed by atoms with E-state index < -0.39 is 6.09 Å². The molecule has 2 atom stereocenters. The van der Waals surface area contributed by atoms with Crippen molar-refractivity contribution >= 4 is 17.7 Å². The zero-order valence-corrected chi connectivity index (χ0v) is 12.2. The van der Waals surface area contributed by atoms with Gasteiger partial charge in [0.1, 0.15) is 0 Å². The van der Waals surface area contributed by atoms with Gasteiger partial charge in [-0.2, -0.15) is 0 Å². The average Bonchev–Trinajstić information content (AvgIpc) is 2.48. The third-order valence-electron chi connectivity index (χ3n) is 4.00. The molecule has 0 radical (unpaired) electrons. The van der Waals surface area contributed by atoms with Crippen LogP contribution in [0.1, 0.15) is 12.0 Å². The van der Waals surface area contributed by atoms with Gasteiger partial charge in [-0.1, -0.05) is 0 Å². The molecule has 0 unspecified atom stereocenters. The molecule has 2 saturated heterocycles. The van der Waals surface area contributed by atoms with Crippen molar-refractivity contribution in [1.82, 2.24) is 19.8 Å². The molecule has 0 saturated carbocycles. The predicted molar refractivity (Wildman–Crippen MR) is 75.2 cm³/mol. The molecule has 1 N–H and O–H groups in total. The standard InChI is InChI=1S/C13H17ClN4O3/c14-12-15-5-9(6-16-12)7-17-2-1-10-11(8-17)21-4-3-18(10)13(19)20/h5-6,10-11H,1-4,7-8H2,(H,19,20)/t10-,11-/m0/s1. The number of halogens is 1. The number of piperidine rings is 1. The summed E-state index contributed by atoms with van der Waals surface area (Å²) < 4.78 is 5.75. The van der Waals surface area contributed by atoms with Crippen molar-refractivity contribution in [2.75, 3.05) is 26.2 Å². The van der Waals surface area contributed by atoms with Crippen LogP contribution in [0.15, 0.2) is 12.4 Å². The first kappa shape index (κ1) is 14.5. The molecule has 0 bridgehead atoms. The Bertz CT molecular complexity index is 513. The normalized spacial score (nSPS) is 26.4. The Morgan fingerprint density at radius 2 is 2.19 bits per heavy atom. The van der Waals surface area contributed by atoms with Gasteiger partial charge in [-0.05, 0) is 18.0 Å². The largest absolute Gasteiger partial charge is 0.465 e. The van der Waals surface area contributed by atoms with Crippen LogP contribution in [0, 0.1) is 0 Å². The van der Waals surface area contributed by atoms with Crippen LogP contribution in [0.25, 0.3) is 0 Å². The van der Waals surface area contributed by atoms with E-state index in [1.54, 1.807) is 12.4 Å². The minimum absolute atomic E-state index is 0.0334. The van der Waals surface area contributed by atoms with E-state index in [4.69, 9.17) is 16.3 Å². The number of hydrogen-bond donors (Lipinski definition) is 1. The van der Waals surface area contributed by atoms with Crippen LogP contribution in [0.2, 0.25) is 5.28 Å². The molecule has 21 heavy (non-hydrogen) atoms. The lowest BCUT2D eigenvalue weighted by atomic mass is 9.98. The Balaban J connectivity index is 1.62. The quantitative estimate of drug-likeness (QED) is 0.823. The molecule has 114 valence electrons. The zero-order valence-electron chi connectivity index (χ0n) is 11.5. The Morgan fingerprint density at radius 3 is 2.90 bits per heavy atom. The van der Waals surface area contributed by atoms with Crippen molar-refractivity contribution < 1.29 is 14.6 Å². The first-order valence-electron chi connectivity index (χ1n) is 6.93. The SMILES string of the molecule is O=C(O)N1CCO[C@H]2CN(Cc3cnc(Cl)nc3)CC[C@@H]21. The monoisotopic (exact) mass is 312 g/mol. The lowest BCUT2D eigenvalue weighted by Gasteiger charge is -2.45. The number of likely N-dealkylation sites (tertiary alicyclic amines) is 1. The molecule has 0 aliphatic carbocycles. The molecule has 1 amide bonds. The van der Waals surface area contributed by atoms with Crippen LogP contribution in [0.5, 0.6) is 0 Å². The van der Waals surface area contributed by atoms with Gasteiger partial charge in [-0.3, -0.25) is 4.90 Å². The third-order valence-corrected chi connectivity index (χ3v) is 4.19. The second-order valence-corrected chi connectivity index (χ2v) is 5.67. The fourth-order valence-electron chi connectivity index (χ4n) is 3.02. The summed E-state index contributed by atoms with van der Waals surface area (Å²) in [4.78, 5) is 22.9. The molecule has 0 aromatic carbocycles. The molecule has 7 nitrogen and oxygen atoms in total. The molecular weight excluding hydrogens is 296 g/mol. The maximum Gasteiger partial charge on any atom is 0.407 e. The van der Waals surface area contributed by atoms with E-state index in [1.807, 2.05) is 0 Å². The van der Waals surface area contributed by atoms with Crippen molar-refractivity contribution in [2.45, 2.75) is 25.1 Å². The van der Waals surface area contributed by atoms with Gasteiger partial charge in [0.05, 0.1) is 18.8 Å². The van der Waals surface area contributed by atoms with Crippen molar-refractivity contribution in [2.24, 2.45) is 0 Å². The van der Waals surface area contributed by atoms with Gasteiger partial charge in [0.15, 0.2) is 0 Å². The van der Waals surface area contributed by atoms with Crippen molar-refractivity contribution in [3.05, 3.63) is 23.2 Å². The highest BCUT2D eigenvalue weighted by Crippen LogP contribution is 2.24. The number of morpholine rings is 1. The molecule has 1 aromatic rings. The van der Waals surface area contributed by atoms with Gasteiger partial charge in [-0.25, -0.2) is 14.8 Å². The number of hydrogen-bond acceptors (Lipinski definition) is 5. The number of aromatic nitrogens is 2. The first-order valence-corrected chi connectivity index (χ1v) is 7.31. The van der Waals surface area contributed by atoms with E-state index in [2.05, 4.69) is 14.9 Å². The number of fused-ring (bicyclic) bond motifs is 1. The number of nitrogens with zero attached hydrogens (tertiary/aromatic N) is 4. The van der Waals surface area contributed by atoms with Gasteiger partial charge >= 0.3 is 6.09 Å². The first-order chi connectivity index (χ1) is 10.1. The highest BCUT2D eigenvalue weighted by molar-refractivity contribution is 6.28. The fraction of sp³-hybridized carbons (Fsp3) is 0.615. The summed E-state index contributed by atoms with van der Waals surface area (Å²) in [5.74, 6) is 0. The number of carboxylic acid groups (broad SMARTS) is 1. The predicted octanol–water partition coefficient (Wildman–Crippen LogP) is 1.08. The molecule has 2 fully saturated rings. The van der Waals surface area contributed by atoms with Gasteiger partial charge in [-0.15, -0.1) is 0 Å². The summed E-state index contributed by atoms with van der Waals surface area (Å²) >= 11 is 5.67. The Hall–Kier alpha value is -1.44. The maximum atomic E-state index is 11.2. The fourth-order valence-corrected chi connectivity index (χ4v) is 3.11. The minimum Gasteiger partial charge on any atom is -0.465 e. The van der Waals surface area contributed by atoms with E-state index >= 15 is 0 Å². The van der Waals surface area contributed by atoms with Crippen LogP contribution in [0.4, 0.5) is 4.79 Å². The Labute approximate surface area is 127 Å². The molecule has 2 aliphatic heterocycles. The molecule has 0 spiro atoms. The number of ether oxygens (including phenoxy) is 1.